The van der Waals surface area contributed by atoms with Gasteiger partial charge in [-0.15, -0.1) is 0 Å². The molecule has 0 amide bonds. The van der Waals surface area contributed by atoms with Gasteiger partial charge >= 0.3 is 0 Å². The van der Waals surface area contributed by atoms with Crippen LogP contribution in [-0.2, 0) is 11.3 Å². The molecular weight excluding hydrogens is 154 g/mol. The van der Waals surface area contributed by atoms with Crippen molar-refractivity contribution >= 4 is 0 Å². The summed E-state index contributed by atoms with van der Waals surface area (Å²) in [6.07, 6.45) is 2.87. The summed E-state index contributed by atoms with van der Waals surface area (Å²) in [4.78, 5) is 7.44. The lowest BCUT2D eigenvalue weighted by Crippen LogP contribution is -2.01. The summed E-state index contributed by atoms with van der Waals surface area (Å²) in [5.41, 5.74) is 6.46. The zero-order valence-corrected chi connectivity index (χ0v) is 6.92. The molecule has 0 bridgehead atoms. The second kappa shape index (κ2) is 3.25. The summed E-state index contributed by atoms with van der Waals surface area (Å²) in [6.45, 7) is 2.17. The average Bonchev–Trinajstić information content (AvgIpc) is 2.75. The van der Waals surface area contributed by atoms with Crippen molar-refractivity contribution in [3.05, 3.63) is 17.7 Å². The maximum Gasteiger partial charge on any atom is 0.111 e. The van der Waals surface area contributed by atoms with E-state index in [1.165, 1.54) is 0 Å². The van der Waals surface area contributed by atoms with Crippen LogP contribution in [0.15, 0.2) is 6.20 Å². The maximum atomic E-state index is 5.46. The van der Waals surface area contributed by atoms with Crippen LogP contribution in [0.25, 0.3) is 0 Å². The summed E-state index contributed by atoms with van der Waals surface area (Å²) in [6, 6.07) is 0. The highest BCUT2D eigenvalue weighted by molar-refractivity contribution is 5.06. The molecule has 12 heavy (non-hydrogen) atoms. The largest absolute Gasteiger partial charge is 0.381 e. The number of rotatable bonds is 2. The lowest BCUT2D eigenvalue weighted by molar-refractivity contribution is 0.193. The number of H-pyrrole nitrogens is 1. The Hall–Kier alpha value is -0.870. The normalized spacial score (nSPS) is 23.2. The molecule has 0 aliphatic carbocycles. The topological polar surface area (TPSA) is 63.9 Å². The number of imidazole rings is 1. The monoisotopic (exact) mass is 167 g/mol. The van der Waals surface area contributed by atoms with Gasteiger partial charge in [0, 0.05) is 31.0 Å². The molecule has 1 aliphatic rings. The van der Waals surface area contributed by atoms with Crippen molar-refractivity contribution in [1.29, 1.82) is 0 Å². The molecule has 2 rings (SSSR count). The summed E-state index contributed by atoms with van der Waals surface area (Å²) in [5.74, 6) is 1.47. The van der Waals surface area contributed by atoms with Gasteiger partial charge in [-0.25, -0.2) is 4.98 Å². The number of aromatic amines is 1. The summed E-state index contributed by atoms with van der Waals surface area (Å²) in [7, 11) is 0. The van der Waals surface area contributed by atoms with E-state index in [0.717, 1.165) is 31.2 Å². The van der Waals surface area contributed by atoms with E-state index in [-0.39, 0.29) is 0 Å². The molecule has 4 nitrogen and oxygen atoms in total. The SMILES string of the molecule is NCc1cnc(C2CCOC2)[nH]1. The molecule has 2 heterocycles. The second-order valence-corrected chi connectivity index (χ2v) is 3.06. The Morgan fingerprint density at radius 3 is 3.25 bits per heavy atom. The fraction of sp³-hybridized carbons (Fsp3) is 0.625. The van der Waals surface area contributed by atoms with Crippen LogP contribution in [0.1, 0.15) is 23.9 Å². The minimum absolute atomic E-state index is 0.449. The first kappa shape index (κ1) is 7.76. The number of ether oxygens (including phenoxy) is 1. The highest BCUT2D eigenvalue weighted by Gasteiger charge is 2.20. The Morgan fingerprint density at radius 1 is 1.75 bits per heavy atom. The quantitative estimate of drug-likeness (QED) is 0.669. The molecule has 0 radical (unpaired) electrons. The van der Waals surface area contributed by atoms with E-state index in [2.05, 4.69) is 9.97 Å². The van der Waals surface area contributed by atoms with Gasteiger partial charge < -0.3 is 15.5 Å². The van der Waals surface area contributed by atoms with Crippen molar-refractivity contribution in [2.75, 3.05) is 13.2 Å². The zero-order chi connectivity index (χ0) is 8.39. The van der Waals surface area contributed by atoms with Crippen LogP contribution in [0.4, 0.5) is 0 Å². The van der Waals surface area contributed by atoms with E-state index in [1.807, 2.05) is 0 Å². The zero-order valence-electron chi connectivity index (χ0n) is 6.92. The van der Waals surface area contributed by atoms with E-state index >= 15 is 0 Å². The standard InChI is InChI=1S/C8H13N3O/c9-3-7-4-10-8(11-7)6-1-2-12-5-6/h4,6H,1-3,5,9H2,(H,10,11). The third-order valence-corrected chi connectivity index (χ3v) is 2.18. The predicted octanol–water partition coefficient (Wildman–Crippen LogP) is 0.372. The number of hydrogen-bond acceptors (Lipinski definition) is 3. The second-order valence-electron chi connectivity index (χ2n) is 3.06. The number of hydrogen-bond donors (Lipinski definition) is 2. The van der Waals surface area contributed by atoms with Crippen LogP contribution in [0.3, 0.4) is 0 Å². The molecule has 1 aliphatic heterocycles. The highest BCUT2D eigenvalue weighted by Crippen LogP contribution is 2.22. The molecule has 1 aromatic rings. The molecule has 3 N–H and O–H groups in total. The molecule has 1 atom stereocenters. The van der Waals surface area contributed by atoms with Crippen molar-refractivity contribution in [3.63, 3.8) is 0 Å². The van der Waals surface area contributed by atoms with E-state index in [0.29, 0.717) is 12.5 Å². The molecule has 4 heteroatoms. The van der Waals surface area contributed by atoms with Gasteiger partial charge in [0.25, 0.3) is 0 Å². The van der Waals surface area contributed by atoms with Gasteiger partial charge in [-0.3, -0.25) is 0 Å². The molecular formula is C8H13N3O. The van der Waals surface area contributed by atoms with Gasteiger partial charge in [-0.2, -0.15) is 0 Å². The number of nitrogens with two attached hydrogens (primary N) is 1. The van der Waals surface area contributed by atoms with Gasteiger partial charge in [0.1, 0.15) is 5.82 Å². The van der Waals surface area contributed by atoms with Crippen LogP contribution in [-0.4, -0.2) is 23.2 Å². The molecule has 0 aromatic carbocycles. The van der Waals surface area contributed by atoms with Crippen LogP contribution >= 0.6 is 0 Å². The smallest absolute Gasteiger partial charge is 0.111 e. The third-order valence-electron chi connectivity index (χ3n) is 2.18. The van der Waals surface area contributed by atoms with Gasteiger partial charge in [-0.1, -0.05) is 0 Å². The van der Waals surface area contributed by atoms with Gasteiger partial charge in [-0.05, 0) is 6.42 Å². The first-order valence-electron chi connectivity index (χ1n) is 4.21. The first-order chi connectivity index (χ1) is 5.90. The van der Waals surface area contributed by atoms with Crippen molar-refractivity contribution in [2.24, 2.45) is 5.73 Å². The highest BCUT2D eigenvalue weighted by atomic mass is 16.5. The van der Waals surface area contributed by atoms with E-state index in [1.54, 1.807) is 6.20 Å². The maximum absolute atomic E-state index is 5.46. The Kier molecular flexibility index (Phi) is 2.10. The third kappa shape index (κ3) is 1.35. The first-order valence-corrected chi connectivity index (χ1v) is 4.21. The van der Waals surface area contributed by atoms with E-state index in [4.69, 9.17) is 10.5 Å². The molecule has 1 fully saturated rings. The summed E-state index contributed by atoms with van der Waals surface area (Å²) >= 11 is 0. The van der Waals surface area contributed by atoms with Gasteiger partial charge in [0.2, 0.25) is 0 Å². The molecule has 1 aromatic heterocycles. The van der Waals surface area contributed by atoms with Gasteiger partial charge in [0.15, 0.2) is 0 Å². The summed E-state index contributed by atoms with van der Waals surface area (Å²) in [5, 5.41) is 0. The number of aromatic nitrogens is 2. The van der Waals surface area contributed by atoms with Crippen molar-refractivity contribution in [2.45, 2.75) is 18.9 Å². The van der Waals surface area contributed by atoms with Crippen LogP contribution in [0, 0.1) is 0 Å². The van der Waals surface area contributed by atoms with E-state index in [9.17, 15) is 0 Å². The molecule has 1 unspecified atom stereocenters. The molecule has 1 saturated heterocycles. The van der Waals surface area contributed by atoms with Crippen LogP contribution < -0.4 is 5.73 Å². The average molecular weight is 167 g/mol. The van der Waals surface area contributed by atoms with Gasteiger partial charge in [0.05, 0.1) is 6.61 Å². The van der Waals surface area contributed by atoms with Crippen LogP contribution in [0.2, 0.25) is 0 Å². The molecule has 66 valence electrons. The Bertz CT molecular complexity index is 253. The summed E-state index contributed by atoms with van der Waals surface area (Å²) < 4.78 is 5.26. The minimum atomic E-state index is 0.449. The Balaban J connectivity index is 2.11. The lowest BCUT2D eigenvalue weighted by Gasteiger charge is -2.01. The molecule has 0 spiro atoms. The van der Waals surface area contributed by atoms with Crippen molar-refractivity contribution in [1.82, 2.24) is 9.97 Å². The molecule has 0 saturated carbocycles. The van der Waals surface area contributed by atoms with Crippen LogP contribution in [0.5, 0.6) is 0 Å². The Morgan fingerprint density at radius 2 is 2.67 bits per heavy atom. The van der Waals surface area contributed by atoms with Crippen molar-refractivity contribution < 1.29 is 4.74 Å². The van der Waals surface area contributed by atoms with E-state index < -0.39 is 0 Å². The number of nitrogens with zero attached hydrogens (tertiary/aromatic N) is 1. The van der Waals surface area contributed by atoms with Crippen molar-refractivity contribution in [3.8, 4) is 0 Å². The fourth-order valence-electron chi connectivity index (χ4n) is 1.44. The minimum Gasteiger partial charge on any atom is -0.381 e. The number of nitrogens with one attached hydrogen (secondary N) is 1. The predicted molar refractivity (Wildman–Crippen MR) is 44.7 cm³/mol. The fourth-order valence-corrected chi connectivity index (χ4v) is 1.44. The lowest BCUT2D eigenvalue weighted by atomic mass is 10.1. The Labute approximate surface area is 71.1 Å².